The zero-order valence-electron chi connectivity index (χ0n) is 13.4. The van der Waals surface area contributed by atoms with Crippen molar-refractivity contribution in [1.29, 1.82) is 0 Å². The zero-order chi connectivity index (χ0) is 17.0. The zero-order valence-corrected chi connectivity index (χ0v) is 13.4. The van der Waals surface area contributed by atoms with E-state index in [4.69, 9.17) is 15.6 Å². The van der Waals surface area contributed by atoms with Crippen LogP contribution in [-0.2, 0) is 9.59 Å². The number of aromatic nitrogens is 2. The molecular formula is C15H23N5O3. The molecule has 1 saturated carbocycles. The van der Waals surface area contributed by atoms with Crippen molar-refractivity contribution in [1.82, 2.24) is 15.3 Å². The summed E-state index contributed by atoms with van der Waals surface area (Å²) >= 11 is 0. The first-order valence-electron chi connectivity index (χ1n) is 7.63. The number of nitrogens with one attached hydrogen (secondary N) is 1. The predicted octanol–water partition coefficient (Wildman–Crippen LogP) is 0.419. The van der Waals surface area contributed by atoms with Crippen molar-refractivity contribution in [2.24, 2.45) is 11.8 Å². The molecule has 3 atom stereocenters. The fourth-order valence-corrected chi connectivity index (χ4v) is 3.49. The Morgan fingerprint density at radius 2 is 2.04 bits per heavy atom. The molecule has 2 aliphatic rings. The molecule has 0 unspecified atom stereocenters. The highest BCUT2D eigenvalue weighted by molar-refractivity contribution is 5.77. The second kappa shape index (κ2) is 7.26. The third-order valence-corrected chi connectivity index (χ3v) is 4.59. The van der Waals surface area contributed by atoms with E-state index < -0.39 is 0 Å². The van der Waals surface area contributed by atoms with Gasteiger partial charge in [-0.15, -0.1) is 0 Å². The Bertz CT molecular complexity index is 560. The van der Waals surface area contributed by atoms with Gasteiger partial charge >= 0.3 is 0 Å². The summed E-state index contributed by atoms with van der Waals surface area (Å²) in [4.78, 5) is 30.5. The molecule has 1 aliphatic carbocycles. The molecule has 1 aromatic heterocycles. The topological polar surface area (TPSA) is 121 Å². The first kappa shape index (κ1) is 17.0. The second-order valence-electron chi connectivity index (χ2n) is 6.10. The summed E-state index contributed by atoms with van der Waals surface area (Å²) in [5.41, 5.74) is 6.61. The lowest BCUT2D eigenvalue weighted by atomic mass is 9.89. The number of amides is 1. The summed E-state index contributed by atoms with van der Waals surface area (Å²) in [6.45, 7) is 2.49. The average Bonchev–Trinajstić information content (AvgIpc) is 2.89. The van der Waals surface area contributed by atoms with E-state index in [9.17, 15) is 4.79 Å². The Labute approximate surface area is 135 Å². The van der Waals surface area contributed by atoms with Gasteiger partial charge in [0.25, 0.3) is 6.47 Å². The monoisotopic (exact) mass is 321 g/mol. The molecule has 2 heterocycles. The van der Waals surface area contributed by atoms with Crippen molar-refractivity contribution < 1.29 is 14.7 Å². The number of nitrogens with zero attached hydrogens (tertiary/aromatic N) is 3. The molecular weight excluding hydrogens is 298 g/mol. The summed E-state index contributed by atoms with van der Waals surface area (Å²) < 4.78 is 0. The van der Waals surface area contributed by atoms with Crippen LogP contribution >= 0.6 is 0 Å². The van der Waals surface area contributed by atoms with Crippen LogP contribution in [-0.4, -0.2) is 47.1 Å². The smallest absolute Gasteiger partial charge is 0.290 e. The summed E-state index contributed by atoms with van der Waals surface area (Å²) in [5, 5.41) is 9.86. The molecule has 8 nitrogen and oxygen atoms in total. The highest BCUT2D eigenvalue weighted by atomic mass is 16.3. The molecule has 0 radical (unpaired) electrons. The molecule has 2 fully saturated rings. The van der Waals surface area contributed by atoms with E-state index in [0.717, 1.165) is 30.9 Å². The Morgan fingerprint density at radius 1 is 1.39 bits per heavy atom. The summed E-state index contributed by atoms with van der Waals surface area (Å²) in [6, 6.07) is 2.38. The molecule has 8 heteroatoms. The second-order valence-corrected chi connectivity index (χ2v) is 6.10. The van der Waals surface area contributed by atoms with Gasteiger partial charge in [0.05, 0.1) is 0 Å². The van der Waals surface area contributed by atoms with E-state index in [1.54, 1.807) is 0 Å². The summed E-state index contributed by atoms with van der Waals surface area (Å²) in [7, 11) is 2.05. The van der Waals surface area contributed by atoms with Gasteiger partial charge in [0.15, 0.2) is 0 Å². The van der Waals surface area contributed by atoms with Crippen LogP contribution < -0.4 is 16.0 Å². The Balaban J connectivity index is 0.000000595. The Hall–Kier alpha value is -2.38. The number of fused-ring (bicyclic) bond motifs is 1. The van der Waals surface area contributed by atoms with Gasteiger partial charge in [0.1, 0.15) is 5.82 Å². The van der Waals surface area contributed by atoms with Crippen LogP contribution in [0.2, 0.25) is 0 Å². The quantitative estimate of drug-likeness (QED) is 0.675. The molecule has 1 aromatic rings. The molecule has 23 heavy (non-hydrogen) atoms. The number of piperidine rings is 1. The van der Waals surface area contributed by atoms with Crippen LogP contribution in [0.15, 0.2) is 6.07 Å². The largest absolute Gasteiger partial charge is 0.483 e. The number of carboxylic acid groups (broad SMARTS) is 1. The maximum Gasteiger partial charge on any atom is 0.290 e. The number of carbonyl (C=O) groups is 2. The van der Waals surface area contributed by atoms with Crippen molar-refractivity contribution >= 4 is 24.1 Å². The van der Waals surface area contributed by atoms with Crippen molar-refractivity contribution in [3.05, 3.63) is 11.8 Å². The number of nitrogens with two attached hydrogens (primary N) is 1. The lowest BCUT2D eigenvalue weighted by Gasteiger charge is -2.26. The van der Waals surface area contributed by atoms with Crippen LogP contribution in [0.3, 0.4) is 0 Å². The number of hydrogen-bond acceptors (Lipinski definition) is 6. The lowest BCUT2D eigenvalue weighted by Crippen LogP contribution is -2.38. The third kappa shape index (κ3) is 4.08. The van der Waals surface area contributed by atoms with Gasteiger partial charge in [-0.05, 0) is 31.6 Å². The fraction of sp³-hybridized carbons (Fsp3) is 0.600. The molecule has 0 aromatic carbocycles. The first-order valence-corrected chi connectivity index (χ1v) is 7.63. The van der Waals surface area contributed by atoms with Crippen LogP contribution in [0, 0.1) is 18.8 Å². The van der Waals surface area contributed by atoms with E-state index in [1.807, 2.05) is 13.0 Å². The van der Waals surface area contributed by atoms with Gasteiger partial charge in [-0.1, -0.05) is 0 Å². The van der Waals surface area contributed by atoms with Crippen LogP contribution in [0.4, 0.5) is 11.8 Å². The number of hydrogen-bond donors (Lipinski definition) is 3. The minimum atomic E-state index is -0.250. The highest BCUT2D eigenvalue weighted by Crippen LogP contribution is 2.39. The number of anilines is 2. The van der Waals surface area contributed by atoms with E-state index in [2.05, 4.69) is 27.2 Å². The molecule has 4 N–H and O–H groups in total. The maximum absolute atomic E-state index is 11.5. The molecule has 126 valence electrons. The molecule has 0 bridgehead atoms. The molecule has 1 amide bonds. The third-order valence-electron chi connectivity index (χ3n) is 4.59. The number of rotatable bonds is 2. The van der Waals surface area contributed by atoms with Gasteiger partial charge in [0.2, 0.25) is 11.9 Å². The van der Waals surface area contributed by atoms with Crippen molar-refractivity contribution in [2.75, 3.05) is 24.2 Å². The predicted molar refractivity (Wildman–Crippen MR) is 85.9 cm³/mol. The lowest BCUT2D eigenvalue weighted by molar-refractivity contribution is -0.124. The summed E-state index contributed by atoms with van der Waals surface area (Å²) in [5.74, 6) is 2.49. The average molecular weight is 321 g/mol. The molecule has 0 spiro atoms. The minimum Gasteiger partial charge on any atom is -0.483 e. The van der Waals surface area contributed by atoms with Crippen LogP contribution in [0.5, 0.6) is 0 Å². The fourth-order valence-electron chi connectivity index (χ4n) is 3.49. The van der Waals surface area contributed by atoms with Gasteiger partial charge in [-0.25, -0.2) is 4.98 Å². The molecule has 3 rings (SSSR count). The summed E-state index contributed by atoms with van der Waals surface area (Å²) in [6.07, 6.45) is 2.82. The van der Waals surface area contributed by atoms with Gasteiger partial charge in [-0.2, -0.15) is 4.98 Å². The van der Waals surface area contributed by atoms with E-state index in [0.29, 0.717) is 30.2 Å². The van der Waals surface area contributed by atoms with Crippen molar-refractivity contribution in [3.8, 4) is 0 Å². The van der Waals surface area contributed by atoms with Gasteiger partial charge in [-0.3, -0.25) is 9.59 Å². The first-order chi connectivity index (χ1) is 10.9. The van der Waals surface area contributed by atoms with E-state index in [-0.39, 0.29) is 12.4 Å². The van der Waals surface area contributed by atoms with Gasteiger partial charge < -0.3 is 21.1 Å². The minimum absolute atomic E-state index is 0.191. The van der Waals surface area contributed by atoms with Crippen molar-refractivity contribution in [3.63, 3.8) is 0 Å². The van der Waals surface area contributed by atoms with E-state index in [1.165, 1.54) is 0 Å². The van der Waals surface area contributed by atoms with Crippen LogP contribution in [0.25, 0.3) is 0 Å². The highest BCUT2D eigenvalue weighted by Gasteiger charge is 2.39. The number of aryl methyl sites for hydroxylation is 1. The van der Waals surface area contributed by atoms with Crippen LogP contribution in [0.1, 0.15) is 25.0 Å². The maximum atomic E-state index is 11.5. The van der Waals surface area contributed by atoms with E-state index >= 15 is 0 Å². The van der Waals surface area contributed by atoms with Gasteiger partial charge in [0, 0.05) is 37.8 Å². The number of nitrogen functional groups attached to an aromatic ring is 1. The number of carbonyl (C=O) groups excluding carboxylic acids is 1. The van der Waals surface area contributed by atoms with Crippen molar-refractivity contribution in [2.45, 2.75) is 32.2 Å². The molecule has 1 aliphatic heterocycles. The SMILES string of the molecule is Cc1cc(N(C)[C@H]2C[C@H]3CC(=O)NC[C@H]3C2)nc(N)n1.O=CO. The molecule has 1 saturated heterocycles. The Morgan fingerprint density at radius 3 is 2.70 bits per heavy atom. The Kier molecular flexibility index (Phi) is 5.36. The normalized spacial score (nSPS) is 25.7. The standard InChI is InChI=1S/C14H21N5O.CH2O2/c1-8-3-12(18-14(15)17-8)19(2)11-4-9-6-13(20)16-7-10(9)5-11;2-1-3/h3,9-11H,4-7H2,1-2H3,(H,16,20)(H2,15,17,18);1H,(H,2,3)/t9-,10+,11-;/m0./s1.